The average molecular weight is 389 g/mol. The van der Waals surface area contributed by atoms with Gasteiger partial charge in [-0.25, -0.2) is 9.37 Å². The molecule has 0 radical (unpaired) electrons. The third kappa shape index (κ3) is 2.76. The highest BCUT2D eigenvalue weighted by Gasteiger charge is 2.31. The van der Waals surface area contributed by atoms with E-state index in [9.17, 15) is 22.4 Å². The SMILES string of the molecule is CC(C)n1c(=O)c2c(-c3cccc(C(F)(F)F)c3)ncn2c2ccc(F)cc21. The Morgan fingerprint density at radius 1 is 1.04 bits per heavy atom. The molecule has 4 nitrogen and oxygen atoms in total. The van der Waals surface area contributed by atoms with E-state index in [4.69, 9.17) is 0 Å². The number of hydrogen-bond donors (Lipinski definition) is 0. The van der Waals surface area contributed by atoms with Crippen LogP contribution >= 0.6 is 0 Å². The predicted octanol–water partition coefficient (Wildman–Crippen LogP) is 5.06. The molecule has 2 aromatic carbocycles. The molecule has 144 valence electrons. The van der Waals surface area contributed by atoms with Gasteiger partial charge < -0.3 is 4.57 Å². The van der Waals surface area contributed by atoms with Gasteiger partial charge >= 0.3 is 6.18 Å². The van der Waals surface area contributed by atoms with Crippen LogP contribution in [0.2, 0.25) is 0 Å². The summed E-state index contributed by atoms with van der Waals surface area (Å²) in [7, 11) is 0. The number of rotatable bonds is 2. The van der Waals surface area contributed by atoms with E-state index in [1.54, 1.807) is 13.8 Å². The normalized spacial score (nSPS) is 12.4. The molecule has 0 amide bonds. The summed E-state index contributed by atoms with van der Waals surface area (Å²) in [5.41, 5.74) is 0.141. The summed E-state index contributed by atoms with van der Waals surface area (Å²) < 4.78 is 56.0. The lowest BCUT2D eigenvalue weighted by Crippen LogP contribution is -2.24. The van der Waals surface area contributed by atoms with Crippen LogP contribution in [0.4, 0.5) is 17.6 Å². The lowest BCUT2D eigenvalue weighted by molar-refractivity contribution is -0.137. The molecular formula is C20H15F4N3O. The summed E-state index contributed by atoms with van der Waals surface area (Å²) in [6, 6.07) is 8.45. The van der Waals surface area contributed by atoms with Gasteiger partial charge in [-0.2, -0.15) is 13.2 Å². The third-order valence-electron chi connectivity index (χ3n) is 4.63. The van der Waals surface area contributed by atoms with E-state index in [0.29, 0.717) is 11.0 Å². The van der Waals surface area contributed by atoms with E-state index in [1.165, 1.54) is 45.6 Å². The van der Waals surface area contributed by atoms with Crippen molar-refractivity contribution in [3.05, 3.63) is 70.5 Å². The molecule has 0 aliphatic carbocycles. The molecule has 0 saturated heterocycles. The van der Waals surface area contributed by atoms with Crippen LogP contribution in [0.5, 0.6) is 0 Å². The highest BCUT2D eigenvalue weighted by molar-refractivity contribution is 5.85. The van der Waals surface area contributed by atoms with Crippen LogP contribution in [0.1, 0.15) is 25.5 Å². The first kappa shape index (κ1) is 18.2. The summed E-state index contributed by atoms with van der Waals surface area (Å²) >= 11 is 0. The Morgan fingerprint density at radius 3 is 2.46 bits per heavy atom. The number of halogens is 4. The van der Waals surface area contributed by atoms with Crippen molar-refractivity contribution in [3.8, 4) is 11.3 Å². The van der Waals surface area contributed by atoms with Gasteiger partial charge in [0, 0.05) is 11.6 Å². The number of imidazole rings is 1. The van der Waals surface area contributed by atoms with E-state index < -0.39 is 23.1 Å². The Morgan fingerprint density at radius 2 is 1.79 bits per heavy atom. The lowest BCUT2D eigenvalue weighted by Gasteiger charge is -2.16. The van der Waals surface area contributed by atoms with E-state index in [0.717, 1.165) is 12.1 Å². The van der Waals surface area contributed by atoms with Crippen molar-refractivity contribution < 1.29 is 17.6 Å². The van der Waals surface area contributed by atoms with Crippen LogP contribution in [0.15, 0.2) is 53.6 Å². The van der Waals surface area contributed by atoms with Crippen molar-refractivity contribution in [2.24, 2.45) is 0 Å². The molecule has 2 heterocycles. The van der Waals surface area contributed by atoms with Gasteiger partial charge in [-0.1, -0.05) is 12.1 Å². The summed E-state index contributed by atoms with van der Waals surface area (Å²) in [6.07, 6.45) is -3.13. The second-order valence-corrected chi connectivity index (χ2v) is 6.79. The van der Waals surface area contributed by atoms with Crippen molar-refractivity contribution in [2.75, 3.05) is 0 Å². The Hall–Kier alpha value is -3.16. The zero-order valence-corrected chi connectivity index (χ0v) is 15.0. The maximum atomic E-state index is 13.8. The topological polar surface area (TPSA) is 39.3 Å². The Kier molecular flexibility index (Phi) is 4.02. The zero-order chi connectivity index (χ0) is 20.2. The van der Waals surface area contributed by atoms with E-state index in [2.05, 4.69) is 4.98 Å². The minimum Gasteiger partial charge on any atom is -0.302 e. The van der Waals surface area contributed by atoms with Crippen LogP contribution in [-0.2, 0) is 6.18 Å². The number of aromatic nitrogens is 3. The largest absolute Gasteiger partial charge is 0.416 e. The van der Waals surface area contributed by atoms with Crippen molar-refractivity contribution in [2.45, 2.75) is 26.1 Å². The van der Waals surface area contributed by atoms with Crippen molar-refractivity contribution in [1.29, 1.82) is 0 Å². The molecule has 0 unspecified atom stereocenters. The number of alkyl halides is 3. The van der Waals surface area contributed by atoms with Gasteiger partial charge in [-0.05, 0) is 44.2 Å². The Bertz CT molecular complexity index is 1270. The fraction of sp³-hybridized carbons (Fsp3) is 0.200. The number of fused-ring (bicyclic) bond motifs is 3. The highest BCUT2D eigenvalue weighted by Crippen LogP contribution is 2.33. The van der Waals surface area contributed by atoms with Crippen LogP contribution in [0.3, 0.4) is 0 Å². The minimum atomic E-state index is -4.51. The van der Waals surface area contributed by atoms with Gasteiger partial charge in [0.1, 0.15) is 23.4 Å². The van der Waals surface area contributed by atoms with E-state index in [1.807, 2.05) is 0 Å². The highest BCUT2D eigenvalue weighted by atomic mass is 19.4. The zero-order valence-electron chi connectivity index (χ0n) is 15.0. The molecule has 8 heteroatoms. The van der Waals surface area contributed by atoms with Crippen LogP contribution in [-0.4, -0.2) is 14.0 Å². The molecule has 0 atom stereocenters. The summed E-state index contributed by atoms with van der Waals surface area (Å²) in [5.74, 6) is -0.487. The fourth-order valence-electron chi connectivity index (χ4n) is 3.42. The smallest absolute Gasteiger partial charge is 0.302 e. The summed E-state index contributed by atoms with van der Waals surface area (Å²) in [4.78, 5) is 17.4. The van der Waals surface area contributed by atoms with Gasteiger partial charge in [-0.3, -0.25) is 9.20 Å². The second-order valence-electron chi connectivity index (χ2n) is 6.79. The molecule has 0 aliphatic rings. The van der Waals surface area contributed by atoms with Crippen molar-refractivity contribution in [1.82, 2.24) is 14.0 Å². The first-order valence-electron chi connectivity index (χ1n) is 8.57. The fourth-order valence-corrected chi connectivity index (χ4v) is 3.42. The first-order chi connectivity index (χ1) is 13.2. The average Bonchev–Trinajstić information content (AvgIpc) is 3.06. The molecule has 0 spiro atoms. The van der Waals surface area contributed by atoms with Crippen LogP contribution < -0.4 is 5.56 Å². The molecule has 0 aliphatic heterocycles. The molecule has 4 aromatic rings. The third-order valence-corrected chi connectivity index (χ3v) is 4.63. The number of nitrogens with zero attached hydrogens (tertiary/aromatic N) is 3. The molecule has 2 aromatic heterocycles. The minimum absolute atomic E-state index is 0.145. The molecule has 28 heavy (non-hydrogen) atoms. The van der Waals surface area contributed by atoms with Gasteiger partial charge in [0.25, 0.3) is 5.56 Å². The monoisotopic (exact) mass is 389 g/mol. The molecule has 0 saturated carbocycles. The van der Waals surface area contributed by atoms with Gasteiger partial charge in [0.2, 0.25) is 0 Å². The van der Waals surface area contributed by atoms with Gasteiger partial charge in [0.05, 0.1) is 16.6 Å². The Labute approximate surface area is 156 Å². The second kappa shape index (κ2) is 6.19. The maximum Gasteiger partial charge on any atom is 0.416 e. The molecule has 0 N–H and O–H groups in total. The molecule has 4 rings (SSSR count). The number of hydrogen-bond acceptors (Lipinski definition) is 2. The summed E-state index contributed by atoms with van der Waals surface area (Å²) in [5, 5.41) is 0. The van der Waals surface area contributed by atoms with E-state index in [-0.39, 0.29) is 22.8 Å². The van der Waals surface area contributed by atoms with Gasteiger partial charge in [-0.15, -0.1) is 0 Å². The van der Waals surface area contributed by atoms with Crippen LogP contribution in [0.25, 0.3) is 27.8 Å². The summed E-state index contributed by atoms with van der Waals surface area (Å²) in [6.45, 7) is 3.56. The number of benzene rings is 2. The first-order valence-corrected chi connectivity index (χ1v) is 8.57. The molecule has 0 fully saturated rings. The molecular weight excluding hydrogens is 374 g/mol. The maximum absolute atomic E-state index is 13.8. The van der Waals surface area contributed by atoms with Crippen molar-refractivity contribution >= 4 is 16.6 Å². The standard InChI is InChI=1S/C20H15F4N3O/c1-11(2)27-16-9-14(21)6-7-15(16)26-10-25-17(18(26)19(27)28)12-4-3-5-13(8-12)20(22,23)24/h3-11H,1-2H3. The van der Waals surface area contributed by atoms with E-state index >= 15 is 0 Å². The Balaban J connectivity index is 2.10. The lowest BCUT2D eigenvalue weighted by atomic mass is 10.1. The van der Waals surface area contributed by atoms with Crippen LogP contribution in [0, 0.1) is 5.82 Å². The quantitative estimate of drug-likeness (QED) is 0.450. The molecule has 0 bridgehead atoms. The van der Waals surface area contributed by atoms with Crippen molar-refractivity contribution in [3.63, 3.8) is 0 Å². The van der Waals surface area contributed by atoms with Gasteiger partial charge in [0.15, 0.2) is 0 Å². The predicted molar refractivity (Wildman–Crippen MR) is 97.7 cm³/mol.